The van der Waals surface area contributed by atoms with E-state index in [1.165, 1.54) is 23.4 Å². The molecule has 0 atom stereocenters. The van der Waals surface area contributed by atoms with Crippen LogP contribution in [0.1, 0.15) is 50.2 Å². The molecule has 2 aromatic carbocycles. The lowest BCUT2D eigenvalue weighted by Crippen LogP contribution is -2.49. The highest BCUT2D eigenvalue weighted by atomic mass is 19.1. The van der Waals surface area contributed by atoms with Crippen LogP contribution in [0.3, 0.4) is 0 Å². The Labute approximate surface area is 199 Å². The average Bonchev–Trinajstić information content (AvgIpc) is 2.80. The van der Waals surface area contributed by atoms with Crippen LogP contribution in [0, 0.1) is 11.6 Å². The summed E-state index contributed by atoms with van der Waals surface area (Å²) in [6.45, 7) is 10.4. The summed E-state index contributed by atoms with van der Waals surface area (Å²) < 4.78 is 36.0. The van der Waals surface area contributed by atoms with Crippen LogP contribution in [-0.2, 0) is 19.4 Å². The van der Waals surface area contributed by atoms with Gasteiger partial charge in [-0.05, 0) is 69.5 Å². The van der Waals surface area contributed by atoms with Gasteiger partial charge in [0.05, 0.1) is 18.4 Å². The highest BCUT2D eigenvalue weighted by Gasteiger charge is 2.35. The van der Waals surface area contributed by atoms with Crippen molar-refractivity contribution in [3.05, 3.63) is 70.7 Å². The van der Waals surface area contributed by atoms with Gasteiger partial charge >= 0.3 is 0 Å². The molecule has 34 heavy (non-hydrogen) atoms. The number of benzene rings is 2. The van der Waals surface area contributed by atoms with Gasteiger partial charge in [-0.25, -0.2) is 18.7 Å². The van der Waals surface area contributed by atoms with Gasteiger partial charge < -0.3 is 15.0 Å². The zero-order chi connectivity index (χ0) is 24.0. The van der Waals surface area contributed by atoms with Crippen molar-refractivity contribution in [2.45, 2.75) is 58.7 Å². The first-order valence-corrected chi connectivity index (χ1v) is 11.8. The molecule has 2 aliphatic rings. The van der Waals surface area contributed by atoms with Crippen molar-refractivity contribution in [1.29, 1.82) is 0 Å². The van der Waals surface area contributed by atoms with Crippen molar-refractivity contribution in [3.63, 3.8) is 0 Å². The summed E-state index contributed by atoms with van der Waals surface area (Å²) in [5, 5.41) is 3.37. The molecule has 3 heterocycles. The van der Waals surface area contributed by atoms with E-state index in [-0.39, 0.29) is 17.5 Å². The van der Waals surface area contributed by atoms with Crippen LogP contribution in [-0.4, -0.2) is 34.7 Å². The van der Waals surface area contributed by atoms with E-state index >= 15 is 4.39 Å². The van der Waals surface area contributed by atoms with E-state index in [1.807, 2.05) is 27.7 Å². The largest absolute Gasteiger partial charge is 0.481 e. The maximum atomic E-state index is 15.2. The Kier molecular flexibility index (Phi) is 5.76. The van der Waals surface area contributed by atoms with Gasteiger partial charge in [0.2, 0.25) is 0 Å². The number of ether oxygens (including phenoxy) is 1. The lowest BCUT2D eigenvalue weighted by atomic mass is 9.97. The van der Waals surface area contributed by atoms with Crippen molar-refractivity contribution < 1.29 is 13.5 Å². The summed E-state index contributed by atoms with van der Waals surface area (Å²) in [5.41, 5.74) is 4.28. The minimum atomic E-state index is -0.576. The number of nitrogens with zero attached hydrogens (tertiary/aromatic N) is 3. The van der Waals surface area contributed by atoms with E-state index in [2.05, 4.69) is 38.4 Å². The van der Waals surface area contributed by atoms with Crippen molar-refractivity contribution >= 4 is 5.69 Å². The number of rotatable bonds is 4. The van der Waals surface area contributed by atoms with Crippen LogP contribution in [0.15, 0.2) is 36.5 Å². The van der Waals surface area contributed by atoms with Crippen LogP contribution < -0.4 is 15.0 Å². The first-order chi connectivity index (χ1) is 16.2. The van der Waals surface area contributed by atoms with Gasteiger partial charge in [0.15, 0.2) is 17.4 Å². The lowest BCUT2D eigenvalue weighted by molar-refractivity contribution is 0.0967. The third kappa shape index (κ3) is 4.37. The Morgan fingerprint density at radius 3 is 2.74 bits per heavy atom. The molecule has 1 N–H and O–H groups in total. The van der Waals surface area contributed by atoms with E-state index < -0.39 is 17.2 Å². The van der Waals surface area contributed by atoms with Crippen molar-refractivity contribution in [2.24, 2.45) is 0 Å². The molecule has 1 aromatic heterocycles. The number of halogens is 2. The number of hydrogen-bond acceptors (Lipinski definition) is 5. The highest BCUT2D eigenvalue weighted by Crippen LogP contribution is 2.42. The lowest BCUT2D eigenvalue weighted by Gasteiger charge is -2.43. The Balaban J connectivity index is 1.51. The average molecular weight is 465 g/mol. The quantitative estimate of drug-likeness (QED) is 0.586. The molecule has 0 unspecified atom stereocenters. The zero-order valence-electron chi connectivity index (χ0n) is 20.1. The molecule has 0 saturated carbocycles. The monoisotopic (exact) mass is 464 g/mol. The Bertz CT molecular complexity index is 1240. The molecule has 0 spiro atoms. The van der Waals surface area contributed by atoms with Crippen molar-refractivity contribution in [1.82, 2.24) is 15.3 Å². The van der Waals surface area contributed by atoms with E-state index in [9.17, 15) is 4.39 Å². The summed E-state index contributed by atoms with van der Waals surface area (Å²) in [6.07, 6.45) is 2.65. The first-order valence-electron chi connectivity index (χ1n) is 11.8. The number of aromatic nitrogens is 2. The Morgan fingerprint density at radius 1 is 1.12 bits per heavy atom. The molecule has 0 aliphatic carbocycles. The van der Waals surface area contributed by atoms with E-state index in [0.29, 0.717) is 30.0 Å². The van der Waals surface area contributed by atoms with Gasteiger partial charge in [-0.3, -0.25) is 0 Å². The minimum absolute atomic E-state index is 0.0994. The first kappa shape index (κ1) is 22.7. The van der Waals surface area contributed by atoms with Crippen LogP contribution in [0.25, 0.3) is 11.3 Å². The van der Waals surface area contributed by atoms with Crippen LogP contribution in [0.5, 0.6) is 5.75 Å². The second-order valence-electron chi connectivity index (χ2n) is 10.1. The van der Waals surface area contributed by atoms with Gasteiger partial charge in [0.1, 0.15) is 17.1 Å². The van der Waals surface area contributed by atoms with Gasteiger partial charge in [-0.2, -0.15) is 0 Å². The molecule has 2 aliphatic heterocycles. The molecule has 7 heteroatoms. The molecule has 5 nitrogen and oxygen atoms in total. The summed E-state index contributed by atoms with van der Waals surface area (Å²) >= 11 is 0. The van der Waals surface area contributed by atoms with Crippen LogP contribution >= 0.6 is 0 Å². The molecule has 178 valence electrons. The van der Waals surface area contributed by atoms with E-state index in [0.717, 1.165) is 25.1 Å². The predicted octanol–water partition coefficient (Wildman–Crippen LogP) is 5.04. The van der Waals surface area contributed by atoms with Gasteiger partial charge in [0.25, 0.3) is 0 Å². The van der Waals surface area contributed by atoms with E-state index in [1.54, 1.807) is 6.07 Å². The number of anilines is 1. The third-order valence-corrected chi connectivity index (χ3v) is 6.47. The Morgan fingerprint density at radius 2 is 1.94 bits per heavy atom. The molecule has 0 amide bonds. The Hall–Kier alpha value is -3.06. The topological polar surface area (TPSA) is 50.3 Å². The molecule has 0 fully saturated rings. The number of hydrogen-bond donors (Lipinski definition) is 1. The maximum absolute atomic E-state index is 15.2. The molecule has 0 bridgehead atoms. The van der Waals surface area contributed by atoms with Crippen LogP contribution in [0.4, 0.5) is 14.5 Å². The summed E-state index contributed by atoms with van der Waals surface area (Å²) in [4.78, 5) is 10.8. The summed E-state index contributed by atoms with van der Waals surface area (Å²) in [7, 11) is 0. The second kappa shape index (κ2) is 8.62. The van der Waals surface area contributed by atoms with Crippen molar-refractivity contribution in [3.8, 4) is 17.0 Å². The molecular weight excluding hydrogens is 434 g/mol. The minimum Gasteiger partial charge on any atom is -0.481 e. The van der Waals surface area contributed by atoms with Gasteiger partial charge in [-0.1, -0.05) is 18.2 Å². The number of fused-ring (bicyclic) bond motifs is 2. The standard InChI is InChI=1S/C27H30F2N4O/c1-16(2)33-15-27(3,4)34-26-21(28)11-20(12-23(26)33)25-22(29)14-31-24(32-25)10-17-5-6-19-13-30-8-7-18(19)9-17/h5-6,9,11-12,14,16,30H,7-8,10,13,15H2,1-4H3. The van der Waals surface area contributed by atoms with E-state index in [4.69, 9.17) is 4.74 Å². The normalized spacial score (nSPS) is 16.7. The summed E-state index contributed by atoms with van der Waals surface area (Å²) in [6, 6.07) is 9.58. The summed E-state index contributed by atoms with van der Waals surface area (Å²) in [5.74, 6) is -0.394. The zero-order valence-corrected chi connectivity index (χ0v) is 20.1. The fourth-order valence-electron chi connectivity index (χ4n) is 4.81. The second-order valence-corrected chi connectivity index (χ2v) is 10.1. The predicted molar refractivity (Wildman–Crippen MR) is 129 cm³/mol. The fraction of sp³-hybridized carbons (Fsp3) is 0.407. The molecule has 0 radical (unpaired) electrons. The van der Waals surface area contributed by atoms with Crippen LogP contribution in [0.2, 0.25) is 0 Å². The maximum Gasteiger partial charge on any atom is 0.179 e. The number of nitrogens with one attached hydrogen (secondary N) is 1. The molecule has 0 saturated heterocycles. The van der Waals surface area contributed by atoms with Crippen molar-refractivity contribution in [2.75, 3.05) is 18.0 Å². The smallest absolute Gasteiger partial charge is 0.179 e. The highest BCUT2D eigenvalue weighted by molar-refractivity contribution is 5.72. The SMILES string of the molecule is CC(C)N1CC(C)(C)Oc2c(F)cc(-c3nc(Cc4ccc5c(c4)CCNC5)ncc3F)cc21. The molecule has 3 aromatic rings. The van der Waals surface area contributed by atoms with Gasteiger partial charge in [-0.15, -0.1) is 0 Å². The van der Waals surface area contributed by atoms with Gasteiger partial charge in [0, 0.05) is 24.6 Å². The molecular formula is C27H30F2N4O. The fourth-order valence-corrected chi connectivity index (χ4v) is 4.81. The third-order valence-electron chi connectivity index (χ3n) is 6.47. The molecule has 5 rings (SSSR count).